The number of hydrogen-bond acceptors (Lipinski definition) is 8. The van der Waals surface area contributed by atoms with E-state index in [1.54, 1.807) is 13.8 Å². The lowest BCUT2D eigenvalue weighted by Gasteiger charge is -2.25. The number of nitrogens with one attached hydrogen (secondary N) is 3. The van der Waals surface area contributed by atoms with Crippen LogP contribution in [-0.2, 0) is 33.6 Å². The van der Waals surface area contributed by atoms with Crippen molar-refractivity contribution in [2.24, 2.45) is 23.1 Å². The number of aliphatic carboxylic acids is 2. The average Bonchev–Trinajstić information content (AvgIpc) is 2.71. The SMILES string of the molecule is CC(C)C(N)C(=O)NC(CCC(=O)O)C(=O)NC(CC(N)=O)C(=O)NC(CCC(N)=O)C(=O)O. The third-order valence-corrected chi connectivity index (χ3v) is 4.63. The van der Waals surface area contributed by atoms with Gasteiger partial charge < -0.3 is 43.4 Å². The van der Waals surface area contributed by atoms with E-state index in [2.05, 4.69) is 16.0 Å². The van der Waals surface area contributed by atoms with Crippen LogP contribution in [0, 0.1) is 5.92 Å². The first-order valence-electron chi connectivity index (χ1n) is 10.3. The molecule has 5 amide bonds. The second-order valence-corrected chi connectivity index (χ2v) is 7.90. The summed E-state index contributed by atoms with van der Waals surface area (Å²) in [5, 5.41) is 24.7. The summed E-state index contributed by atoms with van der Waals surface area (Å²) in [5.41, 5.74) is 15.8. The lowest BCUT2D eigenvalue weighted by atomic mass is 10.0. The van der Waals surface area contributed by atoms with Crippen molar-refractivity contribution < 1.29 is 43.8 Å². The molecule has 0 heterocycles. The van der Waals surface area contributed by atoms with Crippen LogP contribution >= 0.6 is 0 Å². The number of hydrogen-bond donors (Lipinski definition) is 8. The van der Waals surface area contributed by atoms with Gasteiger partial charge in [0, 0.05) is 12.8 Å². The fourth-order valence-corrected chi connectivity index (χ4v) is 2.61. The molecular formula is C19H32N6O9. The molecule has 0 saturated heterocycles. The molecule has 0 fully saturated rings. The first-order valence-corrected chi connectivity index (χ1v) is 10.3. The van der Waals surface area contributed by atoms with Gasteiger partial charge in [-0.15, -0.1) is 0 Å². The van der Waals surface area contributed by atoms with Crippen LogP contribution in [0.25, 0.3) is 0 Å². The molecule has 34 heavy (non-hydrogen) atoms. The standard InChI is InChI=1S/C19H32N6O9/c1-8(2)15(22)18(32)23-9(4-6-14(28)29)16(30)25-11(7-13(21)27)17(31)24-10(19(33)34)3-5-12(20)26/h8-11,15H,3-7,22H2,1-2H3,(H2,20,26)(H2,21,27)(H,23,32)(H,24,31)(H,25,30)(H,28,29)(H,33,34). The Hall–Kier alpha value is -3.75. The predicted molar refractivity (Wildman–Crippen MR) is 115 cm³/mol. The number of amides is 5. The highest BCUT2D eigenvalue weighted by molar-refractivity contribution is 5.96. The van der Waals surface area contributed by atoms with E-state index in [9.17, 15) is 38.7 Å². The Bertz CT molecular complexity index is 801. The Morgan fingerprint density at radius 1 is 0.706 bits per heavy atom. The van der Waals surface area contributed by atoms with Gasteiger partial charge in [0.25, 0.3) is 0 Å². The predicted octanol–water partition coefficient (Wildman–Crippen LogP) is -3.49. The quantitative estimate of drug-likeness (QED) is 0.106. The molecule has 0 spiro atoms. The zero-order valence-corrected chi connectivity index (χ0v) is 18.9. The number of carboxylic acids is 2. The van der Waals surface area contributed by atoms with Crippen molar-refractivity contribution in [1.82, 2.24) is 16.0 Å². The van der Waals surface area contributed by atoms with Crippen molar-refractivity contribution >= 4 is 41.5 Å². The number of carbonyl (C=O) groups excluding carboxylic acids is 5. The summed E-state index contributed by atoms with van der Waals surface area (Å²) in [5.74, 6) is -7.74. The van der Waals surface area contributed by atoms with Crippen molar-refractivity contribution in [2.75, 3.05) is 0 Å². The van der Waals surface area contributed by atoms with Gasteiger partial charge in [0.05, 0.1) is 12.5 Å². The Kier molecular flexibility index (Phi) is 12.8. The van der Waals surface area contributed by atoms with E-state index in [0.29, 0.717) is 0 Å². The van der Waals surface area contributed by atoms with E-state index in [4.69, 9.17) is 22.3 Å². The first kappa shape index (κ1) is 30.2. The van der Waals surface area contributed by atoms with Crippen molar-refractivity contribution in [3.8, 4) is 0 Å². The van der Waals surface area contributed by atoms with Crippen LogP contribution in [0.1, 0.15) is 46.0 Å². The largest absolute Gasteiger partial charge is 0.481 e. The molecule has 0 radical (unpaired) electrons. The zero-order chi connectivity index (χ0) is 26.6. The number of carboxylic acid groups (broad SMARTS) is 2. The molecule has 0 aromatic heterocycles. The highest BCUT2D eigenvalue weighted by Crippen LogP contribution is 2.05. The molecule has 192 valence electrons. The van der Waals surface area contributed by atoms with Gasteiger partial charge in [0.15, 0.2) is 0 Å². The van der Waals surface area contributed by atoms with Crippen molar-refractivity contribution in [1.29, 1.82) is 0 Å². The Balaban J connectivity index is 5.59. The summed E-state index contributed by atoms with van der Waals surface area (Å²) in [6.07, 6.45) is -2.32. The fourth-order valence-electron chi connectivity index (χ4n) is 2.61. The molecule has 0 aliphatic rings. The van der Waals surface area contributed by atoms with Crippen LogP contribution in [-0.4, -0.2) is 75.9 Å². The molecule has 4 unspecified atom stereocenters. The van der Waals surface area contributed by atoms with Crippen LogP contribution in [0.4, 0.5) is 0 Å². The van der Waals surface area contributed by atoms with Gasteiger partial charge in [-0.25, -0.2) is 4.79 Å². The zero-order valence-electron chi connectivity index (χ0n) is 18.9. The molecule has 15 nitrogen and oxygen atoms in total. The van der Waals surface area contributed by atoms with Gasteiger partial charge in [-0.1, -0.05) is 13.8 Å². The summed E-state index contributed by atoms with van der Waals surface area (Å²) in [7, 11) is 0. The van der Waals surface area contributed by atoms with Gasteiger partial charge >= 0.3 is 11.9 Å². The molecule has 0 aromatic carbocycles. The average molecular weight is 488 g/mol. The maximum Gasteiger partial charge on any atom is 0.326 e. The third kappa shape index (κ3) is 11.8. The van der Waals surface area contributed by atoms with Crippen LogP contribution in [0.3, 0.4) is 0 Å². The normalized spacial score (nSPS) is 14.2. The molecule has 0 aromatic rings. The van der Waals surface area contributed by atoms with E-state index in [0.717, 1.165) is 0 Å². The smallest absolute Gasteiger partial charge is 0.326 e. The highest BCUT2D eigenvalue weighted by Gasteiger charge is 2.31. The van der Waals surface area contributed by atoms with Crippen LogP contribution in [0.2, 0.25) is 0 Å². The molecule has 0 rings (SSSR count). The lowest BCUT2D eigenvalue weighted by Crippen LogP contribution is -2.58. The van der Waals surface area contributed by atoms with Gasteiger partial charge in [-0.3, -0.25) is 28.8 Å². The van der Waals surface area contributed by atoms with Gasteiger partial charge in [0.1, 0.15) is 18.1 Å². The minimum absolute atomic E-state index is 0.301. The lowest BCUT2D eigenvalue weighted by molar-refractivity contribution is -0.142. The summed E-state index contributed by atoms with van der Waals surface area (Å²) < 4.78 is 0. The van der Waals surface area contributed by atoms with E-state index < -0.39 is 78.5 Å². The molecule has 0 aliphatic carbocycles. The van der Waals surface area contributed by atoms with Crippen molar-refractivity contribution in [3.63, 3.8) is 0 Å². The fraction of sp³-hybridized carbons (Fsp3) is 0.632. The third-order valence-electron chi connectivity index (χ3n) is 4.63. The van der Waals surface area contributed by atoms with Crippen molar-refractivity contribution in [2.45, 2.75) is 70.1 Å². The van der Waals surface area contributed by atoms with E-state index in [1.807, 2.05) is 0 Å². The number of rotatable bonds is 16. The Morgan fingerprint density at radius 2 is 1.18 bits per heavy atom. The second kappa shape index (κ2) is 14.4. The summed E-state index contributed by atoms with van der Waals surface area (Å²) in [6, 6.07) is -5.64. The van der Waals surface area contributed by atoms with Crippen LogP contribution < -0.4 is 33.2 Å². The molecular weight excluding hydrogens is 456 g/mol. The van der Waals surface area contributed by atoms with Crippen LogP contribution in [0.5, 0.6) is 0 Å². The number of primary amides is 2. The van der Waals surface area contributed by atoms with Gasteiger partial charge in [0.2, 0.25) is 29.5 Å². The second-order valence-electron chi connectivity index (χ2n) is 7.90. The Morgan fingerprint density at radius 3 is 1.62 bits per heavy atom. The molecule has 0 aliphatic heterocycles. The topological polar surface area (TPSA) is 274 Å². The number of nitrogens with two attached hydrogens (primary N) is 3. The molecule has 0 saturated carbocycles. The highest BCUT2D eigenvalue weighted by atomic mass is 16.4. The van der Waals surface area contributed by atoms with Gasteiger partial charge in [-0.05, 0) is 18.8 Å². The van der Waals surface area contributed by atoms with E-state index in [-0.39, 0.29) is 25.2 Å². The molecule has 0 bridgehead atoms. The van der Waals surface area contributed by atoms with E-state index >= 15 is 0 Å². The minimum Gasteiger partial charge on any atom is -0.481 e. The molecule has 4 atom stereocenters. The molecule has 11 N–H and O–H groups in total. The maximum atomic E-state index is 12.7. The Labute approximate surface area is 195 Å². The summed E-state index contributed by atoms with van der Waals surface area (Å²) in [6.45, 7) is 3.31. The number of carbonyl (C=O) groups is 7. The molecule has 15 heteroatoms. The van der Waals surface area contributed by atoms with Crippen LogP contribution in [0.15, 0.2) is 0 Å². The summed E-state index contributed by atoms with van der Waals surface area (Å²) >= 11 is 0. The monoisotopic (exact) mass is 488 g/mol. The van der Waals surface area contributed by atoms with Gasteiger partial charge in [-0.2, -0.15) is 0 Å². The van der Waals surface area contributed by atoms with E-state index in [1.165, 1.54) is 0 Å². The minimum atomic E-state index is -1.65. The summed E-state index contributed by atoms with van der Waals surface area (Å²) in [4.78, 5) is 82.2. The van der Waals surface area contributed by atoms with Crippen molar-refractivity contribution in [3.05, 3.63) is 0 Å². The first-order chi connectivity index (χ1) is 15.6. The maximum absolute atomic E-state index is 12.7.